The van der Waals surface area contributed by atoms with Gasteiger partial charge in [0.05, 0.1) is 11.8 Å². The topological polar surface area (TPSA) is 90.0 Å². The highest BCUT2D eigenvalue weighted by Gasteiger charge is 2.37. The first-order chi connectivity index (χ1) is 14.0. The molecule has 7 nitrogen and oxygen atoms in total. The van der Waals surface area contributed by atoms with Gasteiger partial charge in [-0.3, -0.25) is 0 Å². The largest absolute Gasteiger partial charge is 0.465 e. The maximum atomic E-state index is 13.1. The summed E-state index contributed by atoms with van der Waals surface area (Å²) in [6.45, 7) is 7.09. The van der Waals surface area contributed by atoms with E-state index >= 15 is 0 Å². The van der Waals surface area contributed by atoms with Crippen LogP contribution in [-0.4, -0.2) is 61.9 Å². The molecular formula is C21H30FN3O4S. The van der Waals surface area contributed by atoms with Crippen LogP contribution in [0.25, 0.3) is 0 Å². The molecule has 1 aliphatic heterocycles. The van der Waals surface area contributed by atoms with Crippen LogP contribution in [0.1, 0.15) is 33.6 Å². The number of amides is 1. The van der Waals surface area contributed by atoms with E-state index in [2.05, 4.69) is 17.2 Å². The zero-order chi connectivity index (χ0) is 22.4. The van der Waals surface area contributed by atoms with Crippen molar-refractivity contribution in [1.29, 1.82) is 0 Å². The first-order valence-corrected chi connectivity index (χ1v) is 11.6. The number of nitrogens with zero attached hydrogens (tertiary/aromatic N) is 2. The molecule has 1 aromatic carbocycles. The Hall–Kier alpha value is -2.31. The van der Waals surface area contributed by atoms with E-state index in [0.29, 0.717) is 25.9 Å². The average molecular weight is 440 g/mol. The van der Waals surface area contributed by atoms with Crippen molar-refractivity contribution in [3.8, 4) is 11.8 Å². The smallest absolute Gasteiger partial charge is 0.404 e. The van der Waals surface area contributed by atoms with Gasteiger partial charge in [0, 0.05) is 44.7 Å². The van der Waals surface area contributed by atoms with Crippen LogP contribution in [0.3, 0.4) is 0 Å². The molecule has 0 radical (unpaired) electrons. The van der Waals surface area contributed by atoms with Crippen molar-refractivity contribution < 1.29 is 22.7 Å². The molecule has 9 heteroatoms. The van der Waals surface area contributed by atoms with Crippen LogP contribution < -0.4 is 10.2 Å². The molecule has 0 spiro atoms. The third kappa shape index (κ3) is 6.61. The van der Waals surface area contributed by atoms with Crippen LogP contribution in [0.15, 0.2) is 24.3 Å². The highest BCUT2D eigenvalue weighted by Crippen LogP contribution is 2.27. The minimum absolute atomic E-state index is 0.287. The predicted molar refractivity (Wildman–Crippen MR) is 115 cm³/mol. The second-order valence-electron chi connectivity index (χ2n) is 8.02. The fraction of sp³-hybridized carbons (Fsp3) is 0.571. The zero-order valence-electron chi connectivity index (χ0n) is 17.7. The molecule has 0 bridgehead atoms. The Bertz CT molecular complexity index is 883. The molecule has 0 aliphatic carbocycles. The van der Waals surface area contributed by atoms with Crippen LogP contribution >= 0.6 is 0 Å². The molecule has 1 aliphatic rings. The minimum atomic E-state index is -3.68. The normalized spacial score (nSPS) is 16.5. The lowest BCUT2D eigenvalue weighted by Gasteiger charge is -2.38. The number of halogens is 1. The molecule has 1 saturated heterocycles. The van der Waals surface area contributed by atoms with Gasteiger partial charge in [0.15, 0.2) is 0 Å². The van der Waals surface area contributed by atoms with Gasteiger partial charge in [-0.05, 0) is 29.7 Å². The Labute approximate surface area is 178 Å². The first-order valence-electron chi connectivity index (χ1n) is 9.98. The van der Waals surface area contributed by atoms with Crippen molar-refractivity contribution in [3.05, 3.63) is 30.1 Å². The number of carbonyl (C=O) groups is 1. The highest BCUT2D eigenvalue weighted by molar-refractivity contribution is 7.89. The molecule has 2 N–H and O–H groups in total. The maximum Gasteiger partial charge on any atom is 0.404 e. The third-order valence-corrected chi connectivity index (χ3v) is 7.19. The molecule has 166 valence electrons. The summed E-state index contributed by atoms with van der Waals surface area (Å²) in [5, 5.41) is 11.6. The van der Waals surface area contributed by atoms with Gasteiger partial charge in [-0.15, -0.1) is 11.8 Å². The van der Waals surface area contributed by atoms with E-state index in [-0.39, 0.29) is 24.7 Å². The summed E-state index contributed by atoms with van der Waals surface area (Å²) < 4.78 is 40.6. The highest BCUT2D eigenvalue weighted by atomic mass is 32.2. The predicted octanol–water partition coefficient (Wildman–Crippen LogP) is 2.74. The quantitative estimate of drug-likeness (QED) is 0.638. The molecule has 0 aromatic heterocycles. The van der Waals surface area contributed by atoms with Gasteiger partial charge in [-0.25, -0.2) is 17.6 Å². The van der Waals surface area contributed by atoms with E-state index in [9.17, 15) is 22.7 Å². The lowest BCUT2D eigenvalue weighted by atomic mass is 9.82. The molecule has 0 saturated carbocycles. The molecule has 1 atom stereocenters. The lowest BCUT2D eigenvalue weighted by Crippen LogP contribution is -2.54. The Balaban J connectivity index is 2.07. The van der Waals surface area contributed by atoms with Crippen molar-refractivity contribution in [2.45, 2.75) is 39.7 Å². The summed E-state index contributed by atoms with van der Waals surface area (Å²) >= 11 is 0. The fourth-order valence-corrected chi connectivity index (χ4v) is 5.23. The standard InChI is InChI=1S/C21H30FN3O4S/c1-4-5-6-11-21(2,3)19(23-20(26)27)16-30(28,29)25-14-12-24(13-15-25)18-9-7-17(22)8-10-18/h7-10,19,23H,4,11-16H2,1-3H3,(H,26,27). The Morgan fingerprint density at radius 3 is 2.33 bits per heavy atom. The summed E-state index contributed by atoms with van der Waals surface area (Å²) in [6, 6.07) is 5.31. The monoisotopic (exact) mass is 439 g/mol. The van der Waals surface area contributed by atoms with Gasteiger partial charge in [0.25, 0.3) is 0 Å². The minimum Gasteiger partial charge on any atom is -0.465 e. The van der Waals surface area contributed by atoms with Crippen LogP contribution in [-0.2, 0) is 10.0 Å². The number of rotatable bonds is 7. The zero-order valence-corrected chi connectivity index (χ0v) is 18.5. The second-order valence-corrected chi connectivity index (χ2v) is 10.0. The van der Waals surface area contributed by atoms with E-state index < -0.39 is 27.6 Å². The van der Waals surface area contributed by atoms with Crippen LogP contribution in [0.2, 0.25) is 0 Å². The maximum absolute atomic E-state index is 13.1. The molecule has 2 rings (SSSR count). The summed E-state index contributed by atoms with van der Waals surface area (Å²) in [6.07, 6.45) is -0.184. The van der Waals surface area contributed by atoms with Crippen molar-refractivity contribution in [2.75, 3.05) is 36.8 Å². The van der Waals surface area contributed by atoms with Gasteiger partial charge in [-0.1, -0.05) is 20.8 Å². The number of carboxylic acid groups (broad SMARTS) is 1. The third-order valence-electron chi connectivity index (χ3n) is 5.29. The van der Waals surface area contributed by atoms with Crippen molar-refractivity contribution >= 4 is 21.8 Å². The molecule has 30 heavy (non-hydrogen) atoms. The number of hydrogen-bond acceptors (Lipinski definition) is 4. The van der Waals surface area contributed by atoms with E-state index in [0.717, 1.165) is 5.69 Å². The van der Waals surface area contributed by atoms with E-state index in [4.69, 9.17) is 0 Å². The fourth-order valence-electron chi connectivity index (χ4n) is 3.34. The molecule has 1 unspecified atom stereocenters. The number of benzene rings is 1. The Kier molecular flexibility index (Phi) is 8.10. The number of nitrogens with one attached hydrogen (secondary N) is 1. The SMILES string of the molecule is CCC#CCC(C)(C)C(CS(=O)(=O)N1CCN(c2ccc(F)cc2)CC1)NC(=O)O. The van der Waals surface area contributed by atoms with Gasteiger partial charge in [-0.2, -0.15) is 4.31 Å². The number of hydrogen-bond donors (Lipinski definition) is 2. The molecule has 1 amide bonds. The lowest BCUT2D eigenvalue weighted by molar-refractivity contribution is 0.175. The van der Waals surface area contributed by atoms with Gasteiger partial charge >= 0.3 is 6.09 Å². The summed E-state index contributed by atoms with van der Waals surface area (Å²) in [7, 11) is -3.68. The van der Waals surface area contributed by atoms with Crippen LogP contribution in [0.4, 0.5) is 14.9 Å². The summed E-state index contributed by atoms with van der Waals surface area (Å²) in [5.41, 5.74) is 0.193. The molecular weight excluding hydrogens is 409 g/mol. The molecule has 1 fully saturated rings. The number of sulfonamides is 1. The van der Waals surface area contributed by atoms with Crippen LogP contribution in [0.5, 0.6) is 0 Å². The molecule has 1 aromatic rings. The summed E-state index contributed by atoms with van der Waals surface area (Å²) in [5.74, 6) is 5.31. The number of anilines is 1. The van der Waals surface area contributed by atoms with Crippen molar-refractivity contribution in [3.63, 3.8) is 0 Å². The average Bonchev–Trinajstić information content (AvgIpc) is 2.68. The second kappa shape index (κ2) is 10.1. The van der Waals surface area contributed by atoms with Gasteiger partial charge in [0.2, 0.25) is 10.0 Å². The van der Waals surface area contributed by atoms with E-state index in [1.54, 1.807) is 12.1 Å². The van der Waals surface area contributed by atoms with Crippen molar-refractivity contribution in [1.82, 2.24) is 9.62 Å². The Morgan fingerprint density at radius 2 is 1.80 bits per heavy atom. The summed E-state index contributed by atoms with van der Waals surface area (Å²) in [4.78, 5) is 13.3. The number of piperazine rings is 1. The van der Waals surface area contributed by atoms with Crippen LogP contribution in [0, 0.1) is 23.1 Å². The van der Waals surface area contributed by atoms with Gasteiger partial charge in [0.1, 0.15) is 5.82 Å². The molecule has 1 heterocycles. The van der Waals surface area contributed by atoms with E-state index in [1.165, 1.54) is 16.4 Å². The van der Waals surface area contributed by atoms with E-state index in [1.807, 2.05) is 25.7 Å². The Morgan fingerprint density at radius 1 is 1.20 bits per heavy atom. The first kappa shape index (κ1) is 24.0. The van der Waals surface area contributed by atoms with Gasteiger partial charge < -0.3 is 15.3 Å². The van der Waals surface area contributed by atoms with Crippen molar-refractivity contribution in [2.24, 2.45) is 5.41 Å².